The summed E-state index contributed by atoms with van der Waals surface area (Å²) in [6.07, 6.45) is 9.91. The van der Waals surface area contributed by atoms with E-state index in [1.54, 1.807) is 0 Å². The molecule has 0 saturated carbocycles. The van der Waals surface area contributed by atoms with E-state index in [9.17, 15) is 0 Å². The molecule has 1 fully saturated rings. The number of nitrogens with one attached hydrogen (secondary N) is 1. The van der Waals surface area contributed by atoms with Crippen LogP contribution >= 0.6 is 11.8 Å². The van der Waals surface area contributed by atoms with Crippen LogP contribution in [0, 0.1) is 0 Å². The first-order valence-electron chi connectivity index (χ1n) is 7.22. The maximum Gasteiger partial charge on any atom is 0.0605 e. The van der Waals surface area contributed by atoms with Gasteiger partial charge in [-0.3, -0.25) is 4.98 Å². The van der Waals surface area contributed by atoms with Crippen LogP contribution in [0.3, 0.4) is 0 Å². The highest BCUT2D eigenvalue weighted by Gasteiger charge is 2.22. The number of rotatable bonds is 3. The van der Waals surface area contributed by atoms with Crippen molar-refractivity contribution in [2.45, 2.75) is 49.8 Å². The molecule has 0 spiro atoms. The monoisotopic (exact) mass is 262 g/mol. The van der Waals surface area contributed by atoms with Crippen LogP contribution in [0.5, 0.6) is 0 Å². The fourth-order valence-corrected chi connectivity index (χ4v) is 4.30. The Hall–Kier alpha value is -0.540. The van der Waals surface area contributed by atoms with Crippen LogP contribution in [-0.2, 0) is 6.42 Å². The minimum absolute atomic E-state index is 0.498. The van der Waals surface area contributed by atoms with Crippen molar-refractivity contribution in [2.75, 3.05) is 12.3 Å². The molecular formula is C15H22N2S. The first kappa shape index (κ1) is 12.5. The minimum Gasteiger partial charge on any atom is -0.308 e. The Kier molecular flexibility index (Phi) is 4.21. The number of pyridine rings is 1. The molecule has 1 aliphatic heterocycles. The zero-order valence-electron chi connectivity index (χ0n) is 10.9. The molecule has 1 aromatic heterocycles. The summed E-state index contributed by atoms with van der Waals surface area (Å²) in [4.78, 5) is 4.60. The van der Waals surface area contributed by atoms with Gasteiger partial charge in [0.15, 0.2) is 0 Å². The van der Waals surface area contributed by atoms with Crippen LogP contribution in [0.15, 0.2) is 18.3 Å². The van der Waals surface area contributed by atoms with Crippen LogP contribution in [-0.4, -0.2) is 22.5 Å². The van der Waals surface area contributed by atoms with Crippen molar-refractivity contribution in [2.24, 2.45) is 0 Å². The molecule has 0 aromatic carbocycles. The number of hydrogen-bond acceptors (Lipinski definition) is 3. The Morgan fingerprint density at radius 2 is 2.28 bits per heavy atom. The van der Waals surface area contributed by atoms with Crippen molar-refractivity contribution in [3.8, 4) is 0 Å². The van der Waals surface area contributed by atoms with E-state index in [-0.39, 0.29) is 0 Å². The molecule has 2 atom stereocenters. The zero-order valence-corrected chi connectivity index (χ0v) is 11.7. The predicted molar refractivity (Wildman–Crippen MR) is 78.0 cm³/mol. The van der Waals surface area contributed by atoms with E-state index in [0.29, 0.717) is 6.04 Å². The van der Waals surface area contributed by atoms with E-state index in [1.165, 1.54) is 55.5 Å². The number of fused-ring (bicyclic) bond motifs is 1. The van der Waals surface area contributed by atoms with Gasteiger partial charge in [-0.2, -0.15) is 11.8 Å². The smallest absolute Gasteiger partial charge is 0.0605 e. The molecule has 0 amide bonds. The minimum atomic E-state index is 0.498. The molecule has 98 valence electrons. The van der Waals surface area contributed by atoms with Crippen LogP contribution in [0.1, 0.15) is 49.4 Å². The molecule has 1 aliphatic carbocycles. The largest absolute Gasteiger partial charge is 0.308 e. The molecule has 1 N–H and O–H groups in total. The molecule has 2 aliphatic rings. The van der Waals surface area contributed by atoms with Gasteiger partial charge in [0, 0.05) is 24.0 Å². The Labute approximate surface area is 114 Å². The highest BCUT2D eigenvalue weighted by atomic mass is 32.2. The third kappa shape index (κ3) is 2.89. The van der Waals surface area contributed by atoms with Crippen molar-refractivity contribution < 1.29 is 0 Å². The first-order chi connectivity index (χ1) is 8.93. The lowest BCUT2D eigenvalue weighted by molar-refractivity contribution is 0.441. The lowest BCUT2D eigenvalue weighted by Gasteiger charge is -2.28. The summed E-state index contributed by atoms with van der Waals surface area (Å²) in [5.41, 5.74) is 2.77. The molecule has 1 aromatic rings. The molecule has 3 heteroatoms. The third-order valence-electron chi connectivity index (χ3n) is 4.06. The van der Waals surface area contributed by atoms with E-state index >= 15 is 0 Å². The third-order valence-corrected chi connectivity index (χ3v) is 5.46. The van der Waals surface area contributed by atoms with Crippen molar-refractivity contribution >= 4 is 11.8 Å². The van der Waals surface area contributed by atoms with Crippen LogP contribution in [0.25, 0.3) is 0 Å². The van der Waals surface area contributed by atoms with Gasteiger partial charge in [0.25, 0.3) is 0 Å². The van der Waals surface area contributed by atoms with Crippen molar-refractivity contribution in [1.82, 2.24) is 10.3 Å². The molecule has 2 nitrogen and oxygen atoms in total. The molecule has 2 heterocycles. The van der Waals surface area contributed by atoms with Gasteiger partial charge in [-0.05, 0) is 49.5 Å². The van der Waals surface area contributed by atoms with E-state index in [0.717, 1.165) is 11.8 Å². The van der Waals surface area contributed by atoms with E-state index in [1.807, 2.05) is 6.20 Å². The fourth-order valence-electron chi connectivity index (χ4n) is 3.05. The van der Waals surface area contributed by atoms with Gasteiger partial charge >= 0.3 is 0 Å². The van der Waals surface area contributed by atoms with E-state index in [4.69, 9.17) is 0 Å². The van der Waals surface area contributed by atoms with Gasteiger partial charge in [-0.1, -0.05) is 12.5 Å². The quantitative estimate of drug-likeness (QED) is 0.904. The first-order valence-corrected chi connectivity index (χ1v) is 8.27. The second kappa shape index (κ2) is 6.07. The number of thioether (sulfide) groups is 1. The lowest BCUT2D eigenvalue weighted by Crippen LogP contribution is -2.32. The van der Waals surface area contributed by atoms with Gasteiger partial charge < -0.3 is 5.32 Å². The van der Waals surface area contributed by atoms with Gasteiger partial charge in [-0.15, -0.1) is 0 Å². The number of aromatic nitrogens is 1. The van der Waals surface area contributed by atoms with Gasteiger partial charge in [0.05, 0.1) is 5.69 Å². The Bertz CT molecular complexity index is 388. The highest BCUT2D eigenvalue weighted by molar-refractivity contribution is 7.99. The molecule has 3 rings (SSSR count). The normalized spacial score (nSPS) is 27.8. The summed E-state index contributed by atoms with van der Waals surface area (Å²) in [5.74, 6) is 1.35. The van der Waals surface area contributed by atoms with E-state index < -0.39 is 0 Å². The van der Waals surface area contributed by atoms with Crippen LogP contribution in [0.4, 0.5) is 0 Å². The zero-order chi connectivity index (χ0) is 12.2. The van der Waals surface area contributed by atoms with Crippen molar-refractivity contribution in [3.05, 3.63) is 29.6 Å². The second-order valence-corrected chi connectivity index (χ2v) is 6.80. The molecule has 2 unspecified atom stereocenters. The van der Waals surface area contributed by atoms with Crippen molar-refractivity contribution in [3.63, 3.8) is 0 Å². The standard InChI is InChI=1S/C15H22N2S/c1-2-10-18-13(7-1)11-17-14-8-3-5-12-6-4-9-16-15(12)14/h4,6,9,13-14,17H,1-3,5,7-8,10-11H2. The molecule has 0 bridgehead atoms. The Balaban J connectivity index is 1.60. The van der Waals surface area contributed by atoms with Gasteiger partial charge in [0.2, 0.25) is 0 Å². The van der Waals surface area contributed by atoms with Crippen LogP contribution < -0.4 is 5.32 Å². The summed E-state index contributed by atoms with van der Waals surface area (Å²) < 4.78 is 0. The summed E-state index contributed by atoms with van der Waals surface area (Å²) in [7, 11) is 0. The number of hydrogen-bond donors (Lipinski definition) is 1. The topological polar surface area (TPSA) is 24.9 Å². The van der Waals surface area contributed by atoms with Gasteiger partial charge in [0.1, 0.15) is 0 Å². The molecule has 18 heavy (non-hydrogen) atoms. The summed E-state index contributed by atoms with van der Waals surface area (Å²) in [5, 5.41) is 4.59. The summed E-state index contributed by atoms with van der Waals surface area (Å²) >= 11 is 2.15. The average molecular weight is 262 g/mol. The molecule has 0 radical (unpaired) electrons. The van der Waals surface area contributed by atoms with Crippen molar-refractivity contribution in [1.29, 1.82) is 0 Å². The van der Waals surface area contributed by atoms with Gasteiger partial charge in [-0.25, -0.2) is 0 Å². The number of aryl methyl sites for hydroxylation is 1. The highest BCUT2D eigenvalue weighted by Crippen LogP contribution is 2.29. The SMILES string of the molecule is c1cnc2c(c1)CCCC2NCC1CCCCS1. The number of nitrogens with zero attached hydrogens (tertiary/aromatic N) is 1. The molecule has 1 saturated heterocycles. The Morgan fingerprint density at radius 1 is 1.28 bits per heavy atom. The summed E-state index contributed by atoms with van der Waals surface area (Å²) in [6.45, 7) is 1.16. The fraction of sp³-hybridized carbons (Fsp3) is 0.667. The maximum atomic E-state index is 4.60. The second-order valence-electron chi connectivity index (χ2n) is 5.39. The molecular weight excluding hydrogens is 240 g/mol. The van der Waals surface area contributed by atoms with E-state index in [2.05, 4.69) is 34.2 Å². The Morgan fingerprint density at radius 3 is 3.17 bits per heavy atom. The predicted octanol–water partition coefficient (Wildman–Crippen LogP) is 3.33. The summed E-state index contributed by atoms with van der Waals surface area (Å²) in [6, 6.07) is 4.81. The lowest BCUT2D eigenvalue weighted by atomic mass is 9.92. The average Bonchev–Trinajstić information content (AvgIpc) is 2.46. The van der Waals surface area contributed by atoms with Crippen LogP contribution in [0.2, 0.25) is 0 Å². The maximum absolute atomic E-state index is 4.60.